The molecule has 14 nitrogen and oxygen atoms in total. The van der Waals surface area contributed by atoms with Gasteiger partial charge in [0, 0.05) is 25.7 Å². The Labute approximate surface area is 220 Å². The lowest BCUT2D eigenvalue weighted by Gasteiger charge is -2.22. The number of unbranched alkanes of at least 4 members (excludes halogenated alkanes) is 5. The maximum atomic E-state index is 12.8. The summed E-state index contributed by atoms with van der Waals surface area (Å²) in [6.07, 6.45) is 3.07. The van der Waals surface area contributed by atoms with Crippen LogP contribution in [0.15, 0.2) is 0 Å². The second kappa shape index (κ2) is 19.4. The lowest BCUT2D eigenvalue weighted by molar-refractivity contribution is -0.144. The van der Waals surface area contributed by atoms with Gasteiger partial charge in [-0.25, -0.2) is 9.59 Å². The molecule has 0 fully saturated rings. The third-order valence-corrected chi connectivity index (χ3v) is 5.61. The molecule has 0 saturated heterocycles. The topological polar surface area (TPSA) is 236 Å². The molecule has 0 aromatic heterocycles. The summed E-state index contributed by atoms with van der Waals surface area (Å²) >= 11 is 0. The Morgan fingerprint density at radius 1 is 0.526 bits per heavy atom. The molecule has 0 radical (unpaired) electrons. The highest BCUT2D eigenvalue weighted by atomic mass is 16.4. The molecule has 0 rings (SSSR count). The van der Waals surface area contributed by atoms with Gasteiger partial charge in [-0.1, -0.05) is 39.0 Å². The first-order valence-electron chi connectivity index (χ1n) is 12.7. The third kappa shape index (κ3) is 16.9. The van der Waals surface area contributed by atoms with Crippen molar-refractivity contribution < 1.29 is 54.0 Å². The van der Waals surface area contributed by atoms with Crippen molar-refractivity contribution in [3.8, 4) is 0 Å². The molecule has 0 aliphatic carbocycles. The summed E-state index contributed by atoms with van der Waals surface area (Å²) in [7, 11) is 0. The third-order valence-electron chi connectivity index (χ3n) is 5.61. The van der Waals surface area contributed by atoms with Gasteiger partial charge in [-0.2, -0.15) is 0 Å². The van der Waals surface area contributed by atoms with Crippen molar-refractivity contribution in [2.75, 3.05) is 0 Å². The Hall–Kier alpha value is -3.71. The molecule has 3 amide bonds. The summed E-state index contributed by atoms with van der Waals surface area (Å²) in [5.41, 5.74) is 0. The van der Waals surface area contributed by atoms with E-state index in [0.717, 1.165) is 32.1 Å². The van der Waals surface area contributed by atoms with Crippen LogP contribution in [0.4, 0.5) is 0 Å². The summed E-state index contributed by atoms with van der Waals surface area (Å²) in [4.78, 5) is 81.7. The highest BCUT2D eigenvalue weighted by molar-refractivity contribution is 5.91. The summed E-state index contributed by atoms with van der Waals surface area (Å²) in [5.74, 6) is -7.67. The quantitative estimate of drug-likeness (QED) is 0.0942. The van der Waals surface area contributed by atoms with E-state index < -0.39 is 85.4 Å². The van der Waals surface area contributed by atoms with Crippen LogP contribution >= 0.6 is 0 Å². The molecule has 216 valence electrons. The Morgan fingerprint density at radius 2 is 0.947 bits per heavy atom. The van der Waals surface area contributed by atoms with Crippen molar-refractivity contribution in [1.82, 2.24) is 16.0 Å². The van der Waals surface area contributed by atoms with Gasteiger partial charge >= 0.3 is 23.9 Å². The lowest BCUT2D eigenvalue weighted by atomic mass is 10.1. The number of carbonyl (C=O) groups excluding carboxylic acids is 3. The van der Waals surface area contributed by atoms with Gasteiger partial charge in [0.25, 0.3) is 0 Å². The Balaban J connectivity index is 5.23. The fourth-order valence-corrected chi connectivity index (χ4v) is 3.47. The molecule has 0 aromatic carbocycles. The number of hydrogen-bond donors (Lipinski definition) is 7. The smallest absolute Gasteiger partial charge is 0.326 e. The molecule has 0 heterocycles. The summed E-state index contributed by atoms with van der Waals surface area (Å²) < 4.78 is 0. The molecule has 0 aromatic rings. The Bertz CT molecular complexity index is 831. The largest absolute Gasteiger partial charge is 0.481 e. The van der Waals surface area contributed by atoms with E-state index in [9.17, 15) is 43.8 Å². The van der Waals surface area contributed by atoms with E-state index in [4.69, 9.17) is 10.2 Å². The van der Waals surface area contributed by atoms with Gasteiger partial charge in [0.2, 0.25) is 17.7 Å². The fraction of sp³-hybridized carbons (Fsp3) is 0.708. The molecule has 14 heteroatoms. The van der Waals surface area contributed by atoms with E-state index in [0.29, 0.717) is 6.42 Å². The number of aliphatic carboxylic acids is 4. The standard InChI is InChI=1S/C24H39N3O11/c1-2-3-4-5-6-7-8-18(28)25-15(22(34)27-17(24(37)38)11-14-21(32)33)9-12-19(29)26-16(23(35)36)10-13-20(30)31/h15-17H,2-14H2,1H3,(H,25,28)(H,26,29)(H,27,34)(H,30,31)(H,32,33)(H,35,36)(H,37,38). The summed E-state index contributed by atoms with van der Waals surface area (Å²) in [5, 5.41) is 42.8. The molecular weight excluding hydrogens is 506 g/mol. The predicted molar refractivity (Wildman–Crippen MR) is 132 cm³/mol. The van der Waals surface area contributed by atoms with E-state index in [2.05, 4.69) is 22.9 Å². The van der Waals surface area contributed by atoms with Gasteiger partial charge in [0.05, 0.1) is 0 Å². The van der Waals surface area contributed by atoms with E-state index >= 15 is 0 Å². The summed E-state index contributed by atoms with van der Waals surface area (Å²) in [6.45, 7) is 2.08. The van der Waals surface area contributed by atoms with Gasteiger partial charge in [0.15, 0.2) is 0 Å². The van der Waals surface area contributed by atoms with Crippen LogP contribution in [0.5, 0.6) is 0 Å². The molecule has 0 aliphatic heterocycles. The number of carbonyl (C=O) groups is 7. The van der Waals surface area contributed by atoms with Crippen molar-refractivity contribution in [3.05, 3.63) is 0 Å². The average molecular weight is 546 g/mol. The van der Waals surface area contributed by atoms with Crippen molar-refractivity contribution >= 4 is 41.6 Å². The minimum absolute atomic E-state index is 0.0970. The first-order chi connectivity index (χ1) is 17.9. The molecular formula is C24H39N3O11. The summed E-state index contributed by atoms with van der Waals surface area (Å²) in [6, 6.07) is -4.36. The maximum Gasteiger partial charge on any atom is 0.326 e. The van der Waals surface area contributed by atoms with Crippen LogP contribution in [-0.2, 0) is 33.6 Å². The van der Waals surface area contributed by atoms with Crippen molar-refractivity contribution in [2.24, 2.45) is 0 Å². The number of rotatable bonds is 22. The zero-order valence-electron chi connectivity index (χ0n) is 21.6. The monoisotopic (exact) mass is 545 g/mol. The minimum atomic E-state index is -1.54. The van der Waals surface area contributed by atoms with Crippen LogP contribution in [0.2, 0.25) is 0 Å². The zero-order chi connectivity index (χ0) is 29.1. The van der Waals surface area contributed by atoms with Gasteiger partial charge in [-0.05, 0) is 25.7 Å². The number of amides is 3. The van der Waals surface area contributed by atoms with Crippen LogP contribution in [0, 0.1) is 0 Å². The zero-order valence-corrected chi connectivity index (χ0v) is 21.6. The highest BCUT2D eigenvalue weighted by Crippen LogP contribution is 2.09. The molecule has 0 spiro atoms. The second-order valence-corrected chi connectivity index (χ2v) is 8.90. The Kier molecular flexibility index (Phi) is 17.5. The average Bonchev–Trinajstić information content (AvgIpc) is 2.83. The van der Waals surface area contributed by atoms with Crippen molar-refractivity contribution in [2.45, 2.75) is 109 Å². The number of hydrogen-bond acceptors (Lipinski definition) is 7. The molecule has 7 N–H and O–H groups in total. The van der Waals surface area contributed by atoms with Crippen LogP contribution < -0.4 is 16.0 Å². The van der Waals surface area contributed by atoms with Gasteiger partial charge < -0.3 is 36.4 Å². The minimum Gasteiger partial charge on any atom is -0.481 e. The lowest BCUT2D eigenvalue weighted by Crippen LogP contribution is -2.52. The van der Waals surface area contributed by atoms with Gasteiger partial charge in [0.1, 0.15) is 18.1 Å². The first kappa shape index (κ1) is 34.3. The van der Waals surface area contributed by atoms with E-state index in [1.807, 2.05) is 0 Å². The maximum absolute atomic E-state index is 12.8. The molecule has 0 saturated carbocycles. The van der Waals surface area contributed by atoms with Crippen molar-refractivity contribution in [1.29, 1.82) is 0 Å². The number of carboxylic acids is 4. The van der Waals surface area contributed by atoms with E-state index in [1.54, 1.807) is 0 Å². The molecule has 0 bridgehead atoms. The predicted octanol–water partition coefficient (Wildman–Crippen LogP) is 0.870. The SMILES string of the molecule is CCCCCCCCC(=O)NC(CCC(=O)NC(CCC(=O)O)C(=O)O)C(=O)NC(CCC(=O)O)C(=O)O. The fourth-order valence-electron chi connectivity index (χ4n) is 3.47. The van der Waals surface area contributed by atoms with Crippen LogP contribution in [0.25, 0.3) is 0 Å². The normalized spacial score (nSPS) is 13.0. The van der Waals surface area contributed by atoms with E-state index in [1.165, 1.54) is 0 Å². The van der Waals surface area contributed by atoms with E-state index in [-0.39, 0.29) is 19.3 Å². The van der Waals surface area contributed by atoms with Crippen LogP contribution in [-0.4, -0.2) is 80.2 Å². The van der Waals surface area contributed by atoms with Crippen LogP contribution in [0.1, 0.15) is 90.4 Å². The van der Waals surface area contributed by atoms with Gasteiger partial charge in [-0.15, -0.1) is 0 Å². The number of carboxylic acid groups (broad SMARTS) is 4. The molecule has 3 atom stereocenters. The molecule has 3 unspecified atom stereocenters. The van der Waals surface area contributed by atoms with Crippen molar-refractivity contribution in [3.63, 3.8) is 0 Å². The number of nitrogens with one attached hydrogen (secondary N) is 3. The first-order valence-corrected chi connectivity index (χ1v) is 12.7. The molecule has 38 heavy (non-hydrogen) atoms. The van der Waals surface area contributed by atoms with Crippen LogP contribution in [0.3, 0.4) is 0 Å². The molecule has 0 aliphatic rings. The highest BCUT2D eigenvalue weighted by Gasteiger charge is 2.28. The van der Waals surface area contributed by atoms with Gasteiger partial charge in [-0.3, -0.25) is 24.0 Å². The second-order valence-electron chi connectivity index (χ2n) is 8.90. The Morgan fingerprint density at radius 3 is 1.45 bits per heavy atom.